The number of hydrogen-bond acceptors (Lipinski definition) is 3. The Labute approximate surface area is 113 Å². The van der Waals surface area contributed by atoms with Gasteiger partial charge < -0.3 is 15.2 Å². The zero-order valence-corrected chi connectivity index (χ0v) is 11.6. The molecule has 0 aromatic heterocycles. The van der Waals surface area contributed by atoms with Gasteiger partial charge in [0.1, 0.15) is 5.82 Å². The fourth-order valence-electron chi connectivity index (χ4n) is 2.62. The number of rotatable bonds is 4. The van der Waals surface area contributed by atoms with Gasteiger partial charge in [0.25, 0.3) is 0 Å². The minimum Gasteiger partial charge on any atom is -0.375 e. The van der Waals surface area contributed by atoms with E-state index in [1.807, 2.05) is 0 Å². The Morgan fingerprint density at radius 3 is 2.58 bits per heavy atom. The summed E-state index contributed by atoms with van der Waals surface area (Å²) in [6.07, 6.45) is 2.38. The number of halogens is 1. The van der Waals surface area contributed by atoms with Gasteiger partial charge in [-0.05, 0) is 49.9 Å². The summed E-state index contributed by atoms with van der Waals surface area (Å²) in [4.78, 5) is 0. The summed E-state index contributed by atoms with van der Waals surface area (Å²) in [7, 11) is 0. The summed E-state index contributed by atoms with van der Waals surface area (Å²) in [5.74, 6) is -0.246. The zero-order valence-electron chi connectivity index (χ0n) is 11.6. The lowest BCUT2D eigenvalue weighted by Gasteiger charge is -2.32. The third-order valence-corrected chi connectivity index (χ3v) is 3.52. The highest BCUT2D eigenvalue weighted by Gasteiger charge is 2.25. The van der Waals surface area contributed by atoms with Gasteiger partial charge in [0.15, 0.2) is 0 Å². The highest BCUT2D eigenvalue weighted by atomic mass is 19.1. The van der Waals surface area contributed by atoms with Crippen LogP contribution in [0.5, 0.6) is 0 Å². The van der Waals surface area contributed by atoms with Crippen LogP contribution in [0.3, 0.4) is 0 Å². The van der Waals surface area contributed by atoms with E-state index in [2.05, 4.69) is 13.8 Å². The van der Waals surface area contributed by atoms with Crippen LogP contribution in [-0.4, -0.2) is 18.3 Å². The topological polar surface area (TPSA) is 44.5 Å². The van der Waals surface area contributed by atoms with Gasteiger partial charge in [-0.3, -0.25) is 0 Å². The van der Waals surface area contributed by atoms with E-state index >= 15 is 0 Å². The summed E-state index contributed by atoms with van der Waals surface area (Å²) in [5, 5.41) is 0. The van der Waals surface area contributed by atoms with Gasteiger partial charge in [-0.2, -0.15) is 0 Å². The number of ether oxygens (including phenoxy) is 2. The largest absolute Gasteiger partial charge is 0.375 e. The molecule has 1 saturated heterocycles. The Balaban J connectivity index is 1.96. The van der Waals surface area contributed by atoms with Crippen LogP contribution in [0.4, 0.5) is 4.39 Å². The molecule has 1 aromatic rings. The summed E-state index contributed by atoms with van der Waals surface area (Å²) in [6.45, 7) is 4.92. The third-order valence-electron chi connectivity index (χ3n) is 3.52. The quantitative estimate of drug-likeness (QED) is 0.912. The minimum absolute atomic E-state index is 0.174. The van der Waals surface area contributed by atoms with Gasteiger partial charge in [-0.25, -0.2) is 4.39 Å². The second-order valence-corrected chi connectivity index (χ2v) is 5.28. The Kier molecular flexibility index (Phi) is 4.91. The second kappa shape index (κ2) is 6.46. The van der Waals surface area contributed by atoms with Crippen LogP contribution in [-0.2, 0) is 22.6 Å². The van der Waals surface area contributed by atoms with Crippen molar-refractivity contribution in [2.24, 2.45) is 5.73 Å². The molecule has 2 unspecified atom stereocenters. The second-order valence-electron chi connectivity index (χ2n) is 5.28. The molecule has 1 aliphatic heterocycles. The van der Waals surface area contributed by atoms with Crippen LogP contribution < -0.4 is 5.73 Å². The third kappa shape index (κ3) is 4.00. The molecular weight excluding hydrogens is 245 g/mol. The van der Waals surface area contributed by atoms with Crippen LogP contribution >= 0.6 is 0 Å². The lowest BCUT2D eigenvalue weighted by Crippen LogP contribution is -2.34. The number of nitrogens with two attached hydrogens (primary N) is 1. The molecule has 2 atom stereocenters. The van der Waals surface area contributed by atoms with Crippen molar-refractivity contribution in [3.05, 3.63) is 35.1 Å². The van der Waals surface area contributed by atoms with E-state index in [-0.39, 0.29) is 24.1 Å². The highest BCUT2D eigenvalue weighted by Crippen LogP contribution is 2.23. The summed E-state index contributed by atoms with van der Waals surface area (Å²) < 4.78 is 24.8. The van der Waals surface area contributed by atoms with E-state index in [1.54, 1.807) is 6.07 Å². The number of benzene rings is 1. The van der Waals surface area contributed by atoms with Crippen molar-refractivity contribution in [1.29, 1.82) is 0 Å². The first kappa shape index (κ1) is 14.4. The van der Waals surface area contributed by atoms with Gasteiger partial charge in [-0.1, -0.05) is 6.07 Å². The summed E-state index contributed by atoms with van der Waals surface area (Å²) in [5.41, 5.74) is 7.44. The van der Waals surface area contributed by atoms with Gasteiger partial charge in [-0.15, -0.1) is 0 Å². The SMILES string of the molecule is CC1CC(OCc2cc(F)ccc2CN)CC(C)O1. The van der Waals surface area contributed by atoms with Gasteiger partial charge in [0.05, 0.1) is 24.9 Å². The Morgan fingerprint density at radius 2 is 1.95 bits per heavy atom. The van der Waals surface area contributed by atoms with Crippen molar-refractivity contribution >= 4 is 0 Å². The molecule has 19 heavy (non-hydrogen) atoms. The normalized spacial score (nSPS) is 27.5. The van der Waals surface area contributed by atoms with Crippen LogP contribution in [0.15, 0.2) is 18.2 Å². The van der Waals surface area contributed by atoms with E-state index in [0.29, 0.717) is 13.2 Å². The van der Waals surface area contributed by atoms with Gasteiger partial charge in [0, 0.05) is 6.54 Å². The molecule has 1 aromatic carbocycles. The van der Waals surface area contributed by atoms with Gasteiger partial charge in [0.2, 0.25) is 0 Å². The highest BCUT2D eigenvalue weighted by molar-refractivity contribution is 5.27. The fraction of sp³-hybridized carbons (Fsp3) is 0.600. The molecule has 3 nitrogen and oxygen atoms in total. The molecule has 1 heterocycles. The molecule has 0 bridgehead atoms. The van der Waals surface area contributed by atoms with Crippen LogP contribution in [0.2, 0.25) is 0 Å². The average Bonchev–Trinajstić information content (AvgIpc) is 2.35. The maximum Gasteiger partial charge on any atom is 0.123 e. The van der Waals surface area contributed by atoms with E-state index in [9.17, 15) is 4.39 Å². The van der Waals surface area contributed by atoms with E-state index in [1.165, 1.54) is 12.1 Å². The first-order valence-corrected chi connectivity index (χ1v) is 6.83. The van der Waals surface area contributed by atoms with Gasteiger partial charge >= 0.3 is 0 Å². The fourth-order valence-corrected chi connectivity index (χ4v) is 2.62. The van der Waals surface area contributed by atoms with Crippen LogP contribution in [0, 0.1) is 5.82 Å². The molecule has 4 heteroatoms. The first-order valence-electron chi connectivity index (χ1n) is 6.83. The lowest BCUT2D eigenvalue weighted by molar-refractivity contribution is -0.106. The molecule has 0 radical (unpaired) electrons. The van der Waals surface area contributed by atoms with Crippen molar-refractivity contribution in [3.8, 4) is 0 Å². The molecule has 1 aliphatic rings. The van der Waals surface area contributed by atoms with Crippen molar-refractivity contribution in [2.45, 2.75) is 58.2 Å². The molecular formula is C15H22FNO2. The van der Waals surface area contributed by atoms with E-state index < -0.39 is 0 Å². The van der Waals surface area contributed by atoms with Crippen LogP contribution in [0.25, 0.3) is 0 Å². The zero-order chi connectivity index (χ0) is 13.8. The predicted molar refractivity (Wildman–Crippen MR) is 72.1 cm³/mol. The monoisotopic (exact) mass is 267 g/mol. The molecule has 1 fully saturated rings. The lowest BCUT2D eigenvalue weighted by atomic mass is 10.0. The Hall–Kier alpha value is -0.970. The first-order chi connectivity index (χ1) is 9.08. The molecule has 0 saturated carbocycles. The predicted octanol–water partition coefficient (Wildman–Crippen LogP) is 2.76. The Morgan fingerprint density at radius 1 is 1.26 bits per heavy atom. The smallest absolute Gasteiger partial charge is 0.123 e. The summed E-state index contributed by atoms with van der Waals surface area (Å²) >= 11 is 0. The molecule has 106 valence electrons. The standard InChI is InChI=1S/C15H22FNO2/c1-10-5-15(6-11(2)19-10)18-9-13-7-14(16)4-3-12(13)8-17/h3-4,7,10-11,15H,5-6,8-9,17H2,1-2H3. The minimum atomic E-state index is -0.246. The molecule has 0 spiro atoms. The van der Waals surface area contributed by atoms with E-state index in [4.69, 9.17) is 15.2 Å². The molecule has 2 N–H and O–H groups in total. The van der Waals surface area contributed by atoms with Crippen LogP contribution in [0.1, 0.15) is 37.8 Å². The maximum absolute atomic E-state index is 13.3. The molecule has 0 aliphatic carbocycles. The van der Waals surface area contributed by atoms with Crippen molar-refractivity contribution in [1.82, 2.24) is 0 Å². The summed E-state index contributed by atoms with van der Waals surface area (Å²) in [6, 6.07) is 4.67. The van der Waals surface area contributed by atoms with E-state index in [0.717, 1.165) is 24.0 Å². The average molecular weight is 267 g/mol. The van der Waals surface area contributed by atoms with Crippen molar-refractivity contribution in [2.75, 3.05) is 0 Å². The van der Waals surface area contributed by atoms with Crippen molar-refractivity contribution in [3.63, 3.8) is 0 Å². The van der Waals surface area contributed by atoms with Crippen molar-refractivity contribution < 1.29 is 13.9 Å². The Bertz CT molecular complexity index is 415. The maximum atomic E-state index is 13.3. The molecule has 0 amide bonds. The molecule has 2 rings (SSSR count). The number of hydrogen-bond donors (Lipinski definition) is 1.